The highest BCUT2D eigenvalue weighted by Crippen LogP contribution is 2.33. The van der Waals surface area contributed by atoms with E-state index >= 15 is 0 Å². The molecule has 0 bridgehead atoms. The molecule has 1 N–H and O–H groups in total. The van der Waals surface area contributed by atoms with Gasteiger partial charge in [-0.05, 0) is 65.5 Å². The molecule has 2 aliphatic rings. The first kappa shape index (κ1) is 22.6. The van der Waals surface area contributed by atoms with E-state index in [0.717, 1.165) is 61.3 Å². The van der Waals surface area contributed by atoms with Crippen molar-refractivity contribution in [3.63, 3.8) is 0 Å². The van der Waals surface area contributed by atoms with Gasteiger partial charge < -0.3 is 15.0 Å². The molecule has 3 heterocycles. The third kappa shape index (κ3) is 5.64. The van der Waals surface area contributed by atoms with E-state index in [2.05, 4.69) is 36.0 Å². The van der Waals surface area contributed by atoms with Crippen LogP contribution in [0.15, 0.2) is 28.7 Å². The number of unbranched alkanes of at least 4 members (excludes halogenated alkanes) is 1. The summed E-state index contributed by atoms with van der Waals surface area (Å²) in [6.45, 7) is 5.51. The molecule has 1 fully saturated rings. The topological polar surface area (TPSA) is 57.7 Å². The summed E-state index contributed by atoms with van der Waals surface area (Å²) in [5.41, 5.74) is 2.05. The molecule has 9 heteroatoms. The number of hydrogen-bond donors (Lipinski definition) is 1. The molecule has 6 nitrogen and oxygen atoms in total. The predicted octanol–water partition coefficient (Wildman–Crippen LogP) is 5.02. The minimum absolute atomic E-state index is 0.00556. The Hall–Kier alpha value is -1.54. The Balaban J connectivity index is 1.18. The number of piperazine rings is 1. The van der Waals surface area contributed by atoms with Crippen LogP contribution in [0.1, 0.15) is 24.8 Å². The summed E-state index contributed by atoms with van der Waals surface area (Å²) >= 11 is 16.0. The summed E-state index contributed by atoms with van der Waals surface area (Å²) in [4.78, 5) is 20.8. The number of ether oxygens (including phenoxy) is 1. The number of benzene rings is 1. The van der Waals surface area contributed by atoms with Crippen molar-refractivity contribution in [2.24, 2.45) is 0 Å². The number of rotatable bonds is 7. The first-order valence-corrected chi connectivity index (χ1v) is 12.1. The van der Waals surface area contributed by atoms with Crippen molar-refractivity contribution >= 4 is 56.5 Å². The zero-order chi connectivity index (χ0) is 21.8. The third-order valence-corrected chi connectivity index (χ3v) is 7.03. The highest BCUT2D eigenvalue weighted by Gasteiger charge is 2.20. The Morgan fingerprint density at radius 1 is 1.13 bits per heavy atom. The van der Waals surface area contributed by atoms with E-state index in [4.69, 9.17) is 27.9 Å². The largest absolute Gasteiger partial charge is 0.477 e. The molecule has 4 rings (SSSR count). The van der Waals surface area contributed by atoms with Crippen LogP contribution >= 0.6 is 39.1 Å². The van der Waals surface area contributed by atoms with Crippen LogP contribution < -0.4 is 15.0 Å². The molecule has 1 aromatic heterocycles. The van der Waals surface area contributed by atoms with Gasteiger partial charge in [0.15, 0.2) is 0 Å². The number of amides is 1. The van der Waals surface area contributed by atoms with Gasteiger partial charge in [0.2, 0.25) is 11.8 Å². The second-order valence-electron chi connectivity index (χ2n) is 7.79. The number of pyridine rings is 1. The van der Waals surface area contributed by atoms with Gasteiger partial charge in [-0.3, -0.25) is 9.69 Å². The number of aromatic nitrogens is 1. The molecule has 1 amide bonds. The number of aryl methyl sites for hydroxylation is 1. The Morgan fingerprint density at radius 3 is 2.74 bits per heavy atom. The van der Waals surface area contributed by atoms with Crippen molar-refractivity contribution < 1.29 is 9.53 Å². The van der Waals surface area contributed by atoms with Crippen LogP contribution in [0.25, 0.3) is 0 Å². The van der Waals surface area contributed by atoms with Crippen molar-refractivity contribution in [3.8, 4) is 5.88 Å². The molecule has 2 aromatic rings. The average Bonchev–Trinajstić information content (AvgIpc) is 2.76. The molecule has 0 unspecified atom stereocenters. The van der Waals surface area contributed by atoms with E-state index in [9.17, 15) is 4.79 Å². The fraction of sp³-hybridized carbons (Fsp3) is 0.455. The SMILES string of the molecule is O=C1CCc2cc(Br)c(OCCCCN3CCN(c4cccc(Cl)c4Cl)CC3)nc2N1. The number of carbonyl (C=O) groups excluding carboxylic acids is 1. The van der Waals surface area contributed by atoms with Crippen LogP contribution in [0, 0.1) is 0 Å². The van der Waals surface area contributed by atoms with E-state index in [1.54, 1.807) is 0 Å². The normalized spacial score (nSPS) is 16.7. The van der Waals surface area contributed by atoms with Gasteiger partial charge in [-0.25, -0.2) is 0 Å². The highest BCUT2D eigenvalue weighted by molar-refractivity contribution is 9.10. The van der Waals surface area contributed by atoms with Crippen molar-refractivity contribution in [2.75, 3.05) is 49.5 Å². The zero-order valence-electron chi connectivity index (χ0n) is 17.2. The summed E-state index contributed by atoms with van der Waals surface area (Å²) < 4.78 is 6.70. The zero-order valence-corrected chi connectivity index (χ0v) is 20.3. The quantitative estimate of drug-likeness (QED) is 0.512. The highest BCUT2D eigenvalue weighted by atomic mass is 79.9. The maximum Gasteiger partial charge on any atom is 0.229 e. The number of nitrogens with zero attached hydrogens (tertiary/aromatic N) is 3. The maximum atomic E-state index is 11.6. The molecular formula is C22H25BrCl2N4O2. The van der Waals surface area contributed by atoms with E-state index in [1.807, 2.05) is 24.3 Å². The van der Waals surface area contributed by atoms with E-state index in [-0.39, 0.29) is 5.91 Å². The molecule has 166 valence electrons. The van der Waals surface area contributed by atoms with Gasteiger partial charge in [0, 0.05) is 32.6 Å². The molecule has 0 spiro atoms. The molecule has 31 heavy (non-hydrogen) atoms. The molecule has 0 radical (unpaired) electrons. The molecule has 2 aliphatic heterocycles. The lowest BCUT2D eigenvalue weighted by atomic mass is 10.1. The molecule has 1 aromatic carbocycles. The van der Waals surface area contributed by atoms with Gasteiger partial charge in [-0.15, -0.1) is 0 Å². The maximum absolute atomic E-state index is 11.6. The first-order chi connectivity index (χ1) is 15.0. The van der Waals surface area contributed by atoms with Gasteiger partial charge in [0.05, 0.1) is 26.8 Å². The summed E-state index contributed by atoms with van der Waals surface area (Å²) in [5.74, 6) is 1.16. The lowest BCUT2D eigenvalue weighted by molar-refractivity contribution is -0.116. The Morgan fingerprint density at radius 2 is 1.94 bits per heavy atom. The van der Waals surface area contributed by atoms with Crippen LogP contribution in [0.3, 0.4) is 0 Å². The van der Waals surface area contributed by atoms with Crippen molar-refractivity contribution in [3.05, 3.63) is 44.3 Å². The van der Waals surface area contributed by atoms with Gasteiger partial charge in [0.25, 0.3) is 0 Å². The Bertz CT molecular complexity index is 951. The van der Waals surface area contributed by atoms with E-state index < -0.39 is 0 Å². The minimum atomic E-state index is 0.00556. The average molecular weight is 528 g/mol. The van der Waals surface area contributed by atoms with Gasteiger partial charge in [0.1, 0.15) is 5.82 Å². The van der Waals surface area contributed by atoms with Crippen LogP contribution in [-0.2, 0) is 11.2 Å². The summed E-state index contributed by atoms with van der Waals surface area (Å²) in [6.07, 6.45) is 3.21. The molecule has 0 aliphatic carbocycles. The summed E-state index contributed by atoms with van der Waals surface area (Å²) in [6, 6.07) is 7.78. The lowest BCUT2D eigenvalue weighted by Crippen LogP contribution is -2.46. The van der Waals surface area contributed by atoms with Gasteiger partial charge >= 0.3 is 0 Å². The van der Waals surface area contributed by atoms with Crippen LogP contribution in [0.5, 0.6) is 5.88 Å². The number of fused-ring (bicyclic) bond motifs is 1. The number of halogens is 3. The van der Waals surface area contributed by atoms with Gasteiger partial charge in [-0.1, -0.05) is 29.3 Å². The number of hydrogen-bond acceptors (Lipinski definition) is 5. The minimum Gasteiger partial charge on any atom is -0.477 e. The Labute approximate surface area is 201 Å². The summed E-state index contributed by atoms with van der Waals surface area (Å²) in [5, 5.41) is 4.05. The van der Waals surface area contributed by atoms with E-state index in [1.165, 1.54) is 0 Å². The number of anilines is 2. The lowest BCUT2D eigenvalue weighted by Gasteiger charge is -2.36. The predicted molar refractivity (Wildman–Crippen MR) is 129 cm³/mol. The van der Waals surface area contributed by atoms with Crippen molar-refractivity contribution in [1.82, 2.24) is 9.88 Å². The summed E-state index contributed by atoms with van der Waals surface area (Å²) in [7, 11) is 0. The fourth-order valence-corrected chi connectivity index (χ4v) is 4.80. The Kier molecular flexibility index (Phi) is 7.59. The molecular weight excluding hydrogens is 503 g/mol. The van der Waals surface area contributed by atoms with Crippen molar-refractivity contribution in [1.29, 1.82) is 0 Å². The molecule has 1 saturated heterocycles. The second kappa shape index (κ2) is 10.4. The second-order valence-corrected chi connectivity index (χ2v) is 9.43. The molecule has 0 atom stereocenters. The van der Waals surface area contributed by atoms with Crippen LogP contribution in [0.4, 0.5) is 11.5 Å². The fourth-order valence-electron chi connectivity index (χ4n) is 3.91. The monoisotopic (exact) mass is 526 g/mol. The van der Waals surface area contributed by atoms with Gasteiger partial charge in [-0.2, -0.15) is 4.98 Å². The smallest absolute Gasteiger partial charge is 0.229 e. The number of carbonyl (C=O) groups is 1. The molecule has 0 saturated carbocycles. The van der Waals surface area contributed by atoms with Crippen LogP contribution in [-0.4, -0.2) is 55.1 Å². The van der Waals surface area contributed by atoms with Crippen LogP contribution in [0.2, 0.25) is 10.0 Å². The first-order valence-electron chi connectivity index (χ1n) is 10.5. The third-order valence-electron chi connectivity index (χ3n) is 5.65. The standard InChI is InChI=1S/C22H25BrCl2N4O2/c23-16-14-15-6-7-19(30)26-21(15)27-22(16)31-13-2-1-8-28-9-11-29(12-10-28)18-5-3-4-17(24)20(18)25/h3-5,14H,1-2,6-13H2,(H,26,27,30). The van der Waals surface area contributed by atoms with E-state index in [0.29, 0.717) is 41.2 Å². The van der Waals surface area contributed by atoms with Crippen molar-refractivity contribution in [2.45, 2.75) is 25.7 Å². The number of nitrogens with one attached hydrogen (secondary N) is 1.